The molecule has 0 aromatic heterocycles. The predicted octanol–water partition coefficient (Wildman–Crippen LogP) is 3.87. The maximum absolute atomic E-state index is 12.5. The molecule has 0 unspecified atom stereocenters. The fraction of sp³-hybridized carbons (Fsp3) is 0.364. The van der Waals surface area contributed by atoms with Crippen molar-refractivity contribution in [3.63, 3.8) is 0 Å². The van der Waals surface area contributed by atoms with E-state index in [2.05, 4.69) is 15.9 Å². The van der Waals surface area contributed by atoms with E-state index in [9.17, 15) is 13.6 Å². The smallest absolute Gasteiger partial charge is 0.263 e. The van der Waals surface area contributed by atoms with Crippen molar-refractivity contribution in [2.24, 2.45) is 0 Å². The van der Waals surface area contributed by atoms with Gasteiger partial charge in [0, 0.05) is 17.3 Å². The lowest BCUT2D eigenvalue weighted by Crippen LogP contribution is -2.06. The zero-order valence-electron chi connectivity index (χ0n) is 8.35. The largest absolute Gasteiger partial charge is 0.298 e. The zero-order chi connectivity index (χ0) is 12.1. The van der Waals surface area contributed by atoms with Gasteiger partial charge in [0.05, 0.1) is 5.88 Å². The van der Waals surface area contributed by atoms with E-state index in [-0.39, 0.29) is 23.6 Å². The van der Waals surface area contributed by atoms with Crippen LogP contribution in [-0.2, 0) is 16.5 Å². The first-order valence-electron chi connectivity index (χ1n) is 4.62. The molecule has 0 aliphatic carbocycles. The number of rotatable bonds is 5. The van der Waals surface area contributed by atoms with Gasteiger partial charge in [-0.25, -0.2) is 8.78 Å². The quantitative estimate of drug-likeness (QED) is 0.755. The minimum Gasteiger partial charge on any atom is -0.298 e. The molecule has 5 heteroatoms. The number of ketones is 1. The summed E-state index contributed by atoms with van der Waals surface area (Å²) in [6, 6.07) is 4.34. The van der Waals surface area contributed by atoms with E-state index >= 15 is 0 Å². The van der Waals surface area contributed by atoms with Crippen LogP contribution in [0.5, 0.6) is 0 Å². The third kappa shape index (κ3) is 3.52. The highest BCUT2D eigenvalue weighted by molar-refractivity contribution is 9.08. The second kappa shape index (κ2) is 6.30. The van der Waals surface area contributed by atoms with Crippen LogP contribution in [0.2, 0.25) is 0 Å². The molecule has 88 valence electrons. The van der Waals surface area contributed by atoms with Crippen molar-refractivity contribution < 1.29 is 13.6 Å². The van der Waals surface area contributed by atoms with Crippen LogP contribution in [0.15, 0.2) is 18.2 Å². The van der Waals surface area contributed by atoms with Crippen molar-refractivity contribution in [2.75, 3.05) is 5.88 Å². The first-order valence-corrected chi connectivity index (χ1v) is 6.27. The summed E-state index contributed by atoms with van der Waals surface area (Å²) < 4.78 is 25.0. The molecular weight excluding hydrogens is 301 g/mol. The normalized spacial score (nSPS) is 10.8. The van der Waals surface area contributed by atoms with Gasteiger partial charge in [-0.15, -0.1) is 11.6 Å². The van der Waals surface area contributed by atoms with Crippen LogP contribution in [0.3, 0.4) is 0 Å². The lowest BCUT2D eigenvalue weighted by molar-refractivity contribution is -0.116. The average Bonchev–Trinajstić information content (AvgIpc) is 2.28. The predicted molar refractivity (Wildman–Crippen MR) is 63.5 cm³/mol. The standard InChI is InChI=1S/C11H10BrClF2O/c12-5-8-2-1-7(11(14)15)3-9(8)4-10(16)6-13/h1-3,11H,4-6H2. The lowest BCUT2D eigenvalue weighted by atomic mass is 10.0. The van der Waals surface area contributed by atoms with E-state index in [1.165, 1.54) is 12.1 Å². The molecule has 0 saturated carbocycles. The molecule has 0 N–H and O–H groups in total. The number of carbonyl (C=O) groups is 1. The summed E-state index contributed by atoms with van der Waals surface area (Å²) in [4.78, 5) is 11.2. The highest BCUT2D eigenvalue weighted by Crippen LogP contribution is 2.23. The summed E-state index contributed by atoms with van der Waals surface area (Å²) in [5.74, 6) is -0.268. The van der Waals surface area contributed by atoms with Gasteiger partial charge in [0.15, 0.2) is 5.78 Å². The van der Waals surface area contributed by atoms with Gasteiger partial charge in [0.1, 0.15) is 0 Å². The summed E-state index contributed by atoms with van der Waals surface area (Å²) in [7, 11) is 0. The molecule has 1 aromatic rings. The van der Waals surface area contributed by atoms with Crippen LogP contribution < -0.4 is 0 Å². The summed E-state index contributed by atoms with van der Waals surface area (Å²) in [5, 5.41) is 0.529. The number of carbonyl (C=O) groups excluding carboxylic acids is 1. The molecule has 0 amide bonds. The molecule has 0 radical (unpaired) electrons. The Morgan fingerprint density at radius 2 is 2.06 bits per heavy atom. The van der Waals surface area contributed by atoms with Crippen molar-refractivity contribution in [2.45, 2.75) is 18.2 Å². The Morgan fingerprint density at radius 1 is 1.38 bits per heavy atom. The maximum atomic E-state index is 12.5. The number of benzene rings is 1. The summed E-state index contributed by atoms with van der Waals surface area (Å²) in [5.41, 5.74) is 1.38. The van der Waals surface area contributed by atoms with Gasteiger partial charge in [-0.2, -0.15) is 0 Å². The molecule has 0 saturated heterocycles. The molecular formula is C11H10BrClF2O. The molecule has 0 heterocycles. The first-order chi connectivity index (χ1) is 7.58. The third-order valence-corrected chi connectivity index (χ3v) is 3.07. The number of halogens is 4. The van der Waals surface area contributed by atoms with Crippen LogP contribution in [0.4, 0.5) is 8.78 Å². The van der Waals surface area contributed by atoms with E-state index in [4.69, 9.17) is 11.6 Å². The number of hydrogen-bond acceptors (Lipinski definition) is 1. The van der Waals surface area contributed by atoms with Gasteiger partial charge in [0.25, 0.3) is 6.43 Å². The third-order valence-electron chi connectivity index (χ3n) is 2.16. The van der Waals surface area contributed by atoms with Crippen molar-refractivity contribution in [1.82, 2.24) is 0 Å². The summed E-state index contributed by atoms with van der Waals surface area (Å²) >= 11 is 8.64. The zero-order valence-corrected chi connectivity index (χ0v) is 10.7. The Kier molecular flexibility index (Phi) is 5.35. The Morgan fingerprint density at radius 3 is 2.56 bits per heavy atom. The fourth-order valence-electron chi connectivity index (χ4n) is 1.34. The van der Waals surface area contributed by atoms with Gasteiger partial charge >= 0.3 is 0 Å². The Bertz CT molecular complexity index is 382. The molecule has 1 aromatic carbocycles. The first kappa shape index (κ1) is 13.6. The van der Waals surface area contributed by atoms with Crippen LogP contribution in [0.1, 0.15) is 23.1 Å². The second-order valence-corrected chi connectivity index (χ2v) is 4.14. The maximum Gasteiger partial charge on any atom is 0.263 e. The van der Waals surface area contributed by atoms with Gasteiger partial charge in [-0.05, 0) is 17.2 Å². The van der Waals surface area contributed by atoms with Crippen molar-refractivity contribution >= 4 is 33.3 Å². The van der Waals surface area contributed by atoms with Gasteiger partial charge in [-0.1, -0.05) is 28.1 Å². The Labute approximate surface area is 106 Å². The van der Waals surface area contributed by atoms with Gasteiger partial charge < -0.3 is 0 Å². The van der Waals surface area contributed by atoms with Crippen molar-refractivity contribution in [1.29, 1.82) is 0 Å². The van der Waals surface area contributed by atoms with Gasteiger partial charge in [-0.3, -0.25) is 4.79 Å². The number of hydrogen-bond donors (Lipinski definition) is 0. The van der Waals surface area contributed by atoms with E-state index in [1.807, 2.05) is 0 Å². The van der Waals surface area contributed by atoms with Crippen LogP contribution in [-0.4, -0.2) is 11.7 Å². The minimum atomic E-state index is -2.52. The monoisotopic (exact) mass is 310 g/mol. The highest BCUT2D eigenvalue weighted by Gasteiger charge is 2.12. The topological polar surface area (TPSA) is 17.1 Å². The van der Waals surface area contributed by atoms with Crippen LogP contribution >= 0.6 is 27.5 Å². The average molecular weight is 312 g/mol. The molecule has 16 heavy (non-hydrogen) atoms. The molecule has 0 fully saturated rings. The van der Waals surface area contributed by atoms with Crippen LogP contribution in [0.25, 0.3) is 0 Å². The van der Waals surface area contributed by atoms with Crippen LogP contribution in [0, 0.1) is 0 Å². The lowest BCUT2D eigenvalue weighted by Gasteiger charge is -2.08. The molecule has 0 atom stereocenters. The van der Waals surface area contributed by atoms with Crippen molar-refractivity contribution in [3.05, 3.63) is 34.9 Å². The number of Topliss-reactive ketones (excluding diaryl/α,β-unsaturated/α-hetero) is 1. The Hall–Kier alpha value is -0.480. The molecule has 0 bridgehead atoms. The van der Waals surface area contributed by atoms with E-state index in [0.717, 1.165) is 5.56 Å². The number of alkyl halides is 4. The van der Waals surface area contributed by atoms with E-state index in [0.29, 0.717) is 10.9 Å². The fourth-order valence-corrected chi connectivity index (χ4v) is 1.98. The molecule has 0 aliphatic rings. The molecule has 1 rings (SSSR count). The highest BCUT2D eigenvalue weighted by atomic mass is 79.9. The summed E-state index contributed by atoms with van der Waals surface area (Å²) in [6.07, 6.45) is -2.42. The van der Waals surface area contributed by atoms with Gasteiger partial charge in [0.2, 0.25) is 0 Å². The molecule has 1 nitrogen and oxygen atoms in total. The summed E-state index contributed by atoms with van der Waals surface area (Å²) in [6.45, 7) is 0. The molecule has 0 aliphatic heterocycles. The minimum absolute atomic E-state index is 0.0675. The SMILES string of the molecule is O=C(CCl)Cc1cc(C(F)F)ccc1CBr. The Balaban J connectivity index is 3.02. The van der Waals surface area contributed by atoms with E-state index < -0.39 is 6.43 Å². The van der Waals surface area contributed by atoms with Crippen molar-refractivity contribution in [3.8, 4) is 0 Å². The molecule has 0 spiro atoms. The second-order valence-electron chi connectivity index (χ2n) is 3.31. The van der Waals surface area contributed by atoms with E-state index in [1.54, 1.807) is 6.07 Å².